The first-order valence-corrected chi connectivity index (χ1v) is 6.42. The summed E-state index contributed by atoms with van der Waals surface area (Å²) in [6.07, 6.45) is 6.25. The summed E-state index contributed by atoms with van der Waals surface area (Å²) in [5, 5.41) is 9.94. The van der Waals surface area contributed by atoms with Gasteiger partial charge in [0.25, 0.3) is 0 Å². The third-order valence-corrected chi connectivity index (χ3v) is 2.58. The summed E-state index contributed by atoms with van der Waals surface area (Å²) in [6, 6.07) is 0. The van der Waals surface area contributed by atoms with E-state index in [0.29, 0.717) is 6.54 Å². The standard InChI is InChI=1S/C13H24N3O2/c1-4-5-6-7-8-9-10-16(12(3)18)13(14)15-11(2)17/h1,4-10H2,2-3H3,(H2,14,15,17). The number of carbonyl (C=O) groups excluding carboxylic acids is 2. The second-order valence-electron chi connectivity index (χ2n) is 4.32. The van der Waals surface area contributed by atoms with Gasteiger partial charge in [0.05, 0.1) is 0 Å². The summed E-state index contributed by atoms with van der Waals surface area (Å²) in [6.45, 7) is 7.00. The molecule has 0 aliphatic heterocycles. The Morgan fingerprint density at radius 3 is 2.17 bits per heavy atom. The maximum absolute atomic E-state index is 11.4. The molecule has 0 rings (SSSR count). The lowest BCUT2D eigenvalue weighted by Gasteiger charge is -2.21. The summed E-state index contributed by atoms with van der Waals surface area (Å²) in [7, 11) is 0. The van der Waals surface area contributed by atoms with Crippen molar-refractivity contribution in [3.8, 4) is 0 Å². The second-order valence-corrected chi connectivity index (χ2v) is 4.32. The van der Waals surface area contributed by atoms with Crippen LogP contribution < -0.4 is 5.32 Å². The SMILES string of the molecule is [CH2]CCCCCCCN(C(=N)NC(C)=O)C(C)=O. The van der Waals surface area contributed by atoms with Crippen molar-refractivity contribution in [2.24, 2.45) is 0 Å². The van der Waals surface area contributed by atoms with Gasteiger partial charge in [0.1, 0.15) is 0 Å². The molecule has 0 spiro atoms. The number of amides is 2. The molecule has 0 bridgehead atoms. The summed E-state index contributed by atoms with van der Waals surface area (Å²) in [4.78, 5) is 23.5. The summed E-state index contributed by atoms with van der Waals surface area (Å²) in [5.74, 6) is -0.680. The topological polar surface area (TPSA) is 73.3 Å². The van der Waals surface area contributed by atoms with Crippen LogP contribution in [0.25, 0.3) is 0 Å². The molecule has 5 heteroatoms. The van der Waals surface area contributed by atoms with Crippen molar-refractivity contribution in [2.45, 2.75) is 52.4 Å². The Hall–Kier alpha value is -1.39. The van der Waals surface area contributed by atoms with E-state index in [1.54, 1.807) is 0 Å². The van der Waals surface area contributed by atoms with Crippen LogP contribution in [0.3, 0.4) is 0 Å². The average Bonchev–Trinajstić information content (AvgIpc) is 2.26. The zero-order valence-electron chi connectivity index (χ0n) is 11.4. The highest BCUT2D eigenvalue weighted by Gasteiger charge is 2.14. The van der Waals surface area contributed by atoms with Crippen molar-refractivity contribution in [1.29, 1.82) is 5.41 Å². The zero-order chi connectivity index (χ0) is 14.0. The van der Waals surface area contributed by atoms with E-state index in [1.807, 2.05) is 0 Å². The minimum atomic E-state index is -0.332. The molecule has 2 amide bonds. The molecule has 0 aliphatic carbocycles. The van der Waals surface area contributed by atoms with Gasteiger partial charge in [-0.15, -0.1) is 0 Å². The van der Waals surface area contributed by atoms with Crippen LogP contribution in [-0.2, 0) is 9.59 Å². The van der Waals surface area contributed by atoms with Crippen LogP contribution in [0.15, 0.2) is 0 Å². The number of rotatable bonds is 7. The highest BCUT2D eigenvalue weighted by molar-refractivity contribution is 6.01. The van der Waals surface area contributed by atoms with E-state index < -0.39 is 0 Å². The Balaban J connectivity index is 3.94. The molecule has 0 heterocycles. The van der Waals surface area contributed by atoms with E-state index in [1.165, 1.54) is 18.7 Å². The molecule has 0 fully saturated rings. The Morgan fingerprint density at radius 2 is 1.67 bits per heavy atom. The quantitative estimate of drug-likeness (QED) is 0.415. The molecule has 0 aromatic heterocycles. The first kappa shape index (κ1) is 16.6. The van der Waals surface area contributed by atoms with Crippen LogP contribution in [0.4, 0.5) is 0 Å². The smallest absolute Gasteiger partial charge is 0.226 e. The van der Waals surface area contributed by atoms with Crippen LogP contribution >= 0.6 is 0 Å². The van der Waals surface area contributed by atoms with Crippen molar-refractivity contribution in [2.75, 3.05) is 6.54 Å². The molecule has 0 aromatic carbocycles. The van der Waals surface area contributed by atoms with Crippen molar-refractivity contribution < 1.29 is 9.59 Å². The van der Waals surface area contributed by atoms with Gasteiger partial charge in [-0.25, -0.2) is 0 Å². The van der Waals surface area contributed by atoms with Gasteiger partial charge < -0.3 is 0 Å². The number of nitrogens with zero attached hydrogens (tertiary/aromatic N) is 1. The number of hydrogen-bond donors (Lipinski definition) is 2. The van der Waals surface area contributed by atoms with Gasteiger partial charge in [-0.1, -0.05) is 39.0 Å². The predicted octanol–water partition coefficient (Wildman–Crippen LogP) is 2.08. The normalized spacial score (nSPS) is 9.94. The molecule has 0 atom stereocenters. The number of carbonyl (C=O) groups is 2. The molecule has 2 N–H and O–H groups in total. The molecule has 1 radical (unpaired) electrons. The largest absolute Gasteiger partial charge is 0.297 e. The van der Waals surface area contributed by atoms with Crippen molar-refractivity contribution in [3.63, 3.8) is 0 Å². The van der Waals surface area contributed by atoms with E-state index >= 15 is 0 Å². The summed E-state index contributed by atoms with van der Waals surface area (Å²) >= 11 is 0. The molecular weight excluding hydrogens is 230 g/mol. The molecule has 0 unspecified atom stereocenters. The lowest BCUT2D eigenvalue weighted by Crippen LogP contribution is -2.45. The highest BCUT2D eigenvalue weighted by Crippen LogP contribution is 2.06. The number of hydrogen-bond acceptors (Lipinski definition) is 3. The number of unbranched alkanes of at least 4 members (excludes halogenated alkanes) is 5. The molecule has 18 heavy (non-hydrogen) atoms. The molecule has 103 valence electrons. The second kappa shape index (κ2) is 9.62. The maximum atomic E-state index is 11.4. The monoisotopic (exact) mass is 254 g/mol. The van der Waals surface area contributed by atoms with E-state index in [9.17, 15) is 9.59 Å². The zero-order valence-corrected chi connectivity index (χ0v) is 11.4. The Labute approximate surface area is 109 Å². The van der Waals surface area contributed by atoms with Crippen LogP contribution in [0.5, 0.6) is 0 Å². The molecule has 0 saturated carbocycles. The van der Waals surface area contributed by atoms with Gasteiger partial charge in [-0.3, -0.25) is 25.2 Å². The number of guanidine groups is 1. The van der Waals surface area contributed by atoms with Crippen LogP contribution in [0.1, 0.15) is 52.4 Å². The Bertz CT molecular complexity index is 290. The minimum Gasteiger partial charge on any atom is -0.297 e. The van der Waals surface area contributed by atoms with Crippen molar-refractivity contribution in [1.82, 2.24) is 10.2 Å². The molecule has 0 aromatic rings. The average molecular weight is 254 g/mol. The van der Waals surface area contributed by atoms with E-state index in [-0.39, 0.29) is 17.8 Å². The Morgan fingerprint density at radius 1 is 1.11 bits per heavy atom. The molecule has 0 saturated heterocycles. The highest BCUT2D eigenvalue weighted by atomic mass is 16.2. The first-order valence-electron chi connectivity index (χ1n) is 6.42. The molecule has 0 aliphatic rings. The van der Waals surface area contributed by atoms with Crippen LogP contribution in [0, 0.1) is 12.3 Å². The van der Waals surface area contributed by atoms with Gasteiger partial charge in [-0.05, 0) is 6.42 Å². The number of nitrogens with one attached hydrogen (secondary N) is 2. The van der Waals surface area contributed by atoms with Crippen LogP contribution in [-0.4, -0.2) is 29.2 Å². The predicted molar refractivity (Wildman–Crippen MR) is 72.0 cm³/mol. The fourth-order valence-corrected chi connectivity index (χ4v) is 1.64. The fourth-order valence-electron chi connectivity index (χ4n) is 1.64. The summed E-state index contributed by atoms with van der Waals surface area (Å²) in [5.41, 5.74) is 0. The molecular formula is C13H24N3O2. The van der Waals surface area contributed by atoms with Gasteiger partial charge in [-0.2, -0.15) is 0 Å². The lowest BCUT2D eigenvalue weighted by molar-refractivity contribution is -0.125. The van der Waals surface area contributed by atoms with Crippen molar-refractivity contribution >= 4 is 17.8 Å². The van der Waals surface area contributed by atoms with Gasteiger partial charge in [0.15, 0.2) is 0 Å². The minimum absolute atomic E-state index is 0.132. The van der Waals surface area contributed by atoms with E-state index in [0.717, 1.165) is 38.5 Å². The Kier molecular flexibility index (Phi) is 8.88. The lowest BCUT2D eigenvalue weighted by atomic mass is 10.1. The third-order valence-electron chi connectivity index (χ3n) is 2.58. The van der Waals surface area contributed by atoms with Gasteiger partial charge >= 0.3 is 0 Å². The van der Waals surface area contributed by atoms with Gasteiger partial charge in [0, 0.05) is 20.4 Å². The fraction of sp³-hybridized carbons (Fsp3) is 0.692. The summed E-state index contributed by atoms with van der Waals surface area (Å²) < 4.78 is 0. The van der Waals surface area contributed by atoms with Gasteiger partial charge in [0.2, 0.25) is 17.8 Å². The van der Waals surface area contributed by atoms with E-state index in [4.69, 9.17) is 5.41 Å². The van der Waals surface area contributed by atoms with Crippen molar-refractivity contribution in [3.05, 3.63) is 6.92 Å². The van der Waals surface area contributed by atoms with Crippen LogP contribution in [0.2, 0.25) is 0 Å². The van der Waals surface area contributed by atoms with E-state index in [2.05, 4.69) is 12.2 Å². The third kappa shape index (κ3) is 7.81. The first-order chi connectivity index (χ1) is 8.49. The molecule has 5 nitrogen and oxygen atoms in total. The maximum Gasteiger partial charge on any atom is 0.226 e.